The largest absolute Gasteiger partial charge is 0.495 e. The van der Waals surface area contributed by atoms with Crippen molar-refractivity contribution in [2.24, 2.45) is 0 Å². The predicted octanol–water partition coefficient (Wildman–Crippen LogP) is 3.40. The molecular weight excluding hydrogens is 310 g/mol. The third kappa shape index (κ3) is 2.51. The molecule has 0 spiro atoms. The van der Waals surface area contributed by atoms with E-state index in [-0.39, 0.29) is 4.90 Å². The first-order valence-electron chi connectivity index (χ1n) is 7.40. The van der Waals surface area contributed by atoms with Gasteiger partial charge in [0.25, 0.3) is 10.0 Å². The SMILES string of the molecule is C=Cc1cccc2c1CCN2S(=O)(=O)c1cc(C)ccc1OC. The first-order chi connectivity index (χ1) is 11.0. The number of aryl methyl sites for hydroxylation is 1. The van der Waals surface area contributed by atoms with Crippen LogP contribution in [0.25, 0.3) is 6.08 Å². The number of ether oxygens (including phenoxy) is 1. The Balaban J connectivity index is 2.14. The zero-order valence-electron chi connectivity index (χ0n) is 13.2. The molecule has 1 aliphatic heterocycles. The van der Waals surface area contributed by atoms with Crippen molar-refractivity contribution >= 4 is 21.8 Å². The van der Waals surface area contributed by atoms with Crippen molar-refractivity contribution in [2.75, 3.05) is 18.0 Å². The summed E-state index contributed by atoms with van der Waals surface area (Å²) in [7, 11) is -2.18. The Morgan fingerprint density at radius 3 is 2.74 bits per heavy atom. The molecule has 0 fully saturated rings. The van der Waals surface area contributed by atoms with Crippen molar-refractivity contribution in [1.29, 1.82) is 0 Å². The standard InChI is InChI=1S/C18H19NO3S/c1-4-14-6-5-7-16-15(14)10-11-19(16)23(20,21)18-12-13(2)8-9-17(18)22-3/h4-9,12H,1,10-11H2,2-3H3. The van der Waals surface area contributed by atoms with Crippen LogP contribution in [-0.4, -0.2) is 22.1 Å². The molecule has 1 aliphatic rings. The Labute approximate surface area is 137 Å². The van der Waals surface area contributed by atoms with Gasteiger partial charge in [0.2, 0.25) is 0 Å². The monoisotopic (exact) mass is 329 g/mol. The fourth-order valence-corrected chi connectivity index (χ4v) is 4.72. The number of hydrogen-bond donors (Lipinski definition) is 0. The zero-order valence-corrected chi connectivity index (χ0v) is 14.1. The van der Waals surface area contributed by atoms with Gasteiger partial charge in [-0.3, -0.25) is 4.31 Å². The normalized spacial score (nSPS) is 13.7. The molecule has 2 aromatic rings. The lowest BCUT2D eigenvalue weighted by molar-refractivity contribution is 0.402. The third-order valence-corrected chi connectivity index (χ3v) is 5.96. The summed E-state index contributed by atoms with van der Waals surface area (Å²) in [6.45, 7) is 6.10. The van der Waals surface area contributed by atoms with Crippen LogP contribution in [-0.2, 0) is 16.4 Å². The molecule has 2 aromatic carbocycles. The van der Waals surface area contributed by atoms with E-state index in [1.54, 1.807) is 18.2 Å². The molecule has 1 heterocycles. The van der Waals surface area contributed by atoms with Crippen molar-refractivity contribution in [3.05, 3.63) is 59.7 Å². The number of hydrogen-bond acceptors (Lipinski definition) is 3. The molecule has 120 valence electrons. The summed E-state index contributed by atoms with van der Waals surface area (Å²) < 4.78 is 33.0. The molecular formula is C18H19NO3S. The van der Waals surface area contributed by atoms with Gasteiger partial charge in [0.1, 0.15) is 10.6 Å². The minimum Gasteiger partial charge on any atom is -0.495 e. The maximum atomic E-state index is 13.1. The quantitative estimate of drug-likeness (QED) is 0.864. The highest BCUT2D eigenvalue weighted by Gasteiger charge is 2.33. The summed E-state index contributed by atoms with van der Waals surface area (Å²) in [6.07, 6.45) is 2.45. The second kappa shape index (κ2) is 5.74. The van der Waals surface area contributed by atoms with E-state index < -0.39 is 10.0 Å². The van der Waals surface area contributed by atoms with Crippen molar-refractivity contribution in [3.8, 4) is 5.75 Å². The maximum Gasteiger partial charge on any atom is 0.268 e. The van der Waals surface area contributed by atoms with Crippen molar-refractivity contribution in [1.82, 2.24) is 0 Å². The van der Waals surface area contributed by atoms with Gasteiger partial charge in [-0.05, 0) is 48.2 Å². The minimum absolute atomic E-state index is 0.205. The summed E-state index contributed by atoms with van der Waals surface area (Å²) in [5.74, 6) is 0.365. The average molecular weight is 329 g/mol. The lowest BCUT2D eigenvalue weighted by Crippen LogP contribution is -2.29. The van der Waals surface area contributed by atoms with Gasteiger partial charge < -0.3 is 4.74 Å². The second-order valence-corrected chi connectivity index (χ2v) is 7.36. The van der Waals surface area contributed by atoms with E-state index >= 15 is 0 Å². The van der Waals surface area contributed by atoms with Crippen LogP contribution >= 0.6 is 0 Å². The average Bonchev–Trinajstić information content (AvgIpc) is 2.99. The minimum atomic E-state index is -3.67. The van der Waals surface area contributed by atoms with Crippen molar-refractivity contribution in [3.63, 3.8) is 0 Å². The van der Waals surface area contributed by atoms with E-state index in [0.29, 0.717) is 18.7 Å². The molecule has 0 saturated carbocycles. The Morgan fingerprint density at radius 2 is 2.04 bits per heavy atom. The Hall–Kier alpha value is -2.27. The summed E-state index contributed by atoms with van der Waals surface area (Å²) in [5.41, 5.74) is 3.61. The molecule has 23 heavy (non-hydrogen) atoms. The Morgan fingerprint density at radius 1 is 1.26 bits per heavy atom. The lowest BCUT2D eigenvalue weighted by Gasteiger charge is -2.21. The van der Waals surface area contributed by atoms with Gasteiger partial charge in [-0.25, -0.2) is 8.42 Å². The fraction of sp³-hybridized carbons (Fsp3) is 0.222. The van der Waals surface area contributed by atoms with Crippen LogP contribution in [0.1, 0.15) is 16.7 Å². The molecule has 0 unspecified atom stereocenters. The van der Waals surface area contributed by atoms with E-state index in [4.69, 9.17) is 4.74 Å². The summed E-state index contributed by atoms with van der Waals surface area (Å²) in [4.78, 5) is 0.205. The van der Waals surface area contributed by atoms with Gasteiger partial charge in [-0.15, -0.1) is 0 Å². The van der Waals surface area contributed by atoms with Gasteiger partial charge in [0.05, 0.1) is 12.8 Å². The fourth-order valence-electron chi connectivity index (χ4n) is 2.98. The summed E-state index contributed by atoms with van der Waals surface area (Å²) in [5, 5.41) is 0. The number of methoxy groups -OCH3 is 1. The lowest BCUT2D eigenvalue weighted by atomic mass is 10.1. The van der Waals surface area contributed by atoms with Gasteiger partial charge in [-0.2, -0.15) is 0 Å². The predicted molar refractivity (Wildman–Crippen MR) is 92.5 cm³/mol. The highest BCUT2D eigenvalue weighted by Crippen LogP contribution is 2.37. The Kier molecular flexibility index (Phi) is 3.90. The van der Waals surface area contributed by atoms with Crippen LogP contribution in [0.3, 0.4) is 0 Å². The highest BCUT2D eigenvalue weighted by molar-refractivity contribution is 7.93. The van der Waals surface area contributed by atoms with Crippen LogP contribution in [0, 0.1) is 6.92 Å². The second-order valence-electron chi connectivity index (χ2n) is 5.53. The van der Waals surface area contributed by atoms with Crippen LogP contribution in [0.4, 0.5) is 5.69 Å². The number of sulfonamides is 1. The Bertz CT molecular complexity index is 872. The smallest absolute Gasteiger partial charge is 0.268 e. The molecule has 4 nitrogen and oxygen atoms in total. The van der Waals surface area contributed by atoms with E-state index in [9.17, 15) is 8.42 Å². The highest BCUT2D eigenvalue weighted by atomic mass is 32.2. The topological polar surface area (TPSA) is 46.6 Å². The van der Waals surface area contributed by atoms with Crippen molar-refractivity contribution < 1.29 is 13.2 Å². The molecule has 0 bridgehead atoms. The van der Waals surface area contributed by atoms with Crippen LogP contribution in [0.2, 0.25) is 0 Å². The number of anilines is 1. The number of fused-ring (bicyclic) bond motifs is 1. The van der Waals surface area contributed by atoms with Gasteiger partial charge in [-0.1, -0.05) is 30.9 Å². The molecule has 0 N–H and O–H groups in total. The van der Waals surface area contributed by atoms with E-state index in [0.717, 1.165) is 22.4 Å². The molecule has 3 rings (SSSR count). The van der Waals surface area contributed by atoms with Crippen LogP contribution in [0.5, 0.6) is 5.75 Å². The molecule has 0 aromatic heterocycles. The molecule has 0 amide bonds. The number of nitrogens with zero attached hydrogens (tertiary/aromatic N) is 1. The number of rotatable bonds is 4. The van der Waals surface area contributed by atoms with E-state index in [2.05, 4.69) is 6.58 Å². The molecule has 0 saturated heterocycles. The van der Waals surface area contributed by atoms with Crippen molar-refractivity contribution in [2.45, 2.75) is 18.2 Å². The van der Waals surface area contributed by atoms with Crippen LogP contribution < -0.4 is 9.04 Å². The third-order valence-electron chi connectivity index (χ3n) is 4.13. The number of benzene rings is 2. The van der Waals surface area contributed by atoms with Gasteiger partial charge in [0.15, 0.2) is 0 Å². The van der Waals surface area contributed by atoms with E-state index in [1.807, 2.05) is 31.2 Å². The first-order valence-corrected chi connectivity index (χ1v) is 8.84. The maximum absolute atomic E-state index is 13.1. The summed E-state index contributed by atoms with van der Waals surface area (Å²) in [6, 6.07) is 10.8. The van der Waals surface area contributed by atoms with Gasteiger partial charge >= 0.3 is 0 Å². The molecule has 0 aliphatic carbocycles. The summed E-state index contributed by atoms with van der Waals surface area (Å²) >= 11 is 0. The molecule has 5 heteroatoms. The molecule has 0 radical (unpaired) electrons. The molecule has 0 atom stereocenters. The zero-order chi connectivity index (χ0) is 16.6. The van der Waals surface area contributed by atoms with E-state index in [1.165, 1.54) is 11.4 Å². The van der Waals surface area contributed by atoms with Gasteiger partial charge in [0, 0.05) is 6.54 Å². The first kappa shape index (κ1) is 15.6. The van der Waals surface area contributed by atoms with Crippen LogP contribution in [0.15, 0.2) is 47.9 Å².